The SMILES string of the molecule is C1=CC([Si](C2=CCCCC2)(C2=CCCCC2)c2cc([Si]c3ccccc3)cc(C3=CCCC(N4C5=C(CCC=C5)C5CCC=CC54)=C3)c2)=CCC1. The molecular formula is C48H53NSi2. The normalized spacial score (nSPS) is 24.7. The monoisotopic (exact) mass is 699 g/mol. The lowest BCUT2D eigenvalue weighted by atomic mass is 9.83. The summed E-state index contributed by atoms with van der Waals surface area (Å²) in [6.07, 6.45) is 48.1. The summed E-state index contributed by atoms with van der Waals surface area (Å²) in [4.78, 5) is 2.77. The van der Waals surface area contributed by atoms with Crippen molar-refractivity contribution in [2.45, 2.75) is 109 Å². The fourth-order valence-electron chi connectivity index (χ4n) is 10.5. The molecule has 9 rings (SSSR count). The van der Waals surface area contributed by atoms with Crippen molar-refractivity contribution >= 4 is 38.7 Å². The van der Waals surface area contributed by atoms with E-state index in [0.717, 1.165) is 12.8 Å². The Balaban J connectivity index is 1.21. The molecule has 7 aliphatic rings. The van der Waals surface area contributed by atoms with E-state index in [1.807, 2.05) is 0 Å². The average molecular weight is 700 g/mol. The van der Waals surface area contributed by atoms with Crippen LogP contribution in [0.1, 0.15) is 108 Å². The molecule has 3 heteroatoms. The summed E-state index contributed by atoms with van der Waals surface area (Å²) in [6.45, 7) is 0. The van der Waals surface area contributed by atoms with Gasteiger partial charge < -0.3 is 4.90 Å². The molecule has 0 aromatic heterocycles. The van der Waals surface area contributed by atoms with Gasteiger partial charge in [-0.3, -0.25) is 0 Å². The number of hydrogen-bond donors (Lipinski definition) is 0. The number of nitrogens with zero attached hydrogens (tertiary/aromatic N) is 1. The van der Waals surface area contributed by atoms with Crippen molar-refractivity contribution in [3.63, 3.8) is 0 Å². The zero-order valence-electron chi connectivity index (χ0n) is 30.4. The summed E-state index contributed by atoms with van der Waals surface area (Å²) in [7, 11) is -1.73. The molecule has 0 saturated carbocycles. The molecule has 6 aliphatic carbocycles. The average Bonchev–Trinajstić information content (AvgIpc) is 3.54. The Labute approximate surface area is 310 Å². The zero-order chi connectivity index (χ0) is 34.0. The maximum absolute atomic E-state index is 2.77. The molecule has 258 valence electrons. The molecule has 0 fully saturated rings. The summed E-state index contributed by atoms with van der Waals surface area (Å²) in [5.41, 5.74) is 7.65. The first kappa shape index (κ1) is 33.2. The van der Waals surface area contributed by atoms with Crippen LogP contribution >= 0.6 is 0 Å². The van der Waals surface area contributed by atoms with Gasteiger partial charge in [-0.25, -0.2) is 0 Å². The van der Waals surface area contributed by atoms with E-state index in [1.165, 1.54) is 123 Å². The van der Waals surface area contributed by atoms with Crippen LogP contribution in [0.3, 0.4) is 0 Å². The summed E-state index contributed by atoms with van der Waals surface area (Å²) in [5, 5.41) is 9.85. The highest BCUT2D eigenvalue weighted by molar-refractivity contribution is 7.08. The quantitative estimate of drug-likeness (QED) is 0.196. The molecule has 0 N–H and O–H groups in total. The van der Waals surface area contributed by atoms with Crippen LogP contribution in [0.25, 0.3) is 5.57 Å². The van der Waals surface area contributed by atoms with Crippen LogP contribution in [0.5, 0.6) is 0 Å². The molecule has 2 atom stereocenters. The van der Waals surface area contributed by atoms with Gasteiger partial charge in [-0.2, -0.15) is 0 Å². The minimum atomic E-state index is -2.38. The smallest absolute Gasteiger partial charge is 0.170 e. The number of rotatable bonds is 8. The van der Waals surface area contributed by atoms with Gasteiger partial charge >= 0.3 is 0 Å². The zero-order valence-corrected chi connectivity index (χ0v) is 32.4. The summed E-state index contributed by atoms with van der Waals surface area (Å²) in [6, 6.07) is 19.7. The third kappa shape index (κ3) is 6.29. The van der Waals surface area contributed by atoms with Gasteiger partial charge in [0.2, 0.25) is 0 Å². The van der Waals surface area contributed by atoms with Gasteiger partial charge in [-0.1, -0.05) is 124 Å². The minimum absolute atomic E-state index is 0.486. The van der Waals surface area contributed by atoms with E-state index in [2.05, 4.69) is 120 Å². The van der Waals surface area contributed by atoms with Crippen molar-refractivity contribution in [2.75, 3.05) is 0 Å². The van der Waals surface area contributed by atoms with Crippen molar-refractivity contribution in [1.29, 1.82) is 0 Å². The Morgan fingerprint density at radius 3 is 2.24 bits per heavy atom. The number of benzene rings is 2. The topological polar surface area (TPSA) is 3.24 Å². The van der Waals surface area contributed by atoms with E-state index in [9.17, 15) is 0 Å². The van der Waals surface area contributed by atoms with E-state index >= 15 is 0 Å². The van der Waals surface area contributed by atoms with Gasteiger partial charge in [-0.15, -0.1) is 0 Å². The van der Waals surface area contributed by atoms with Crippen LogP contribution in [0.4, 0.5) is 0 Å². The maximum atomic E-state index is 2.77. The lowest BCUT2D eigenvalue weighted by molar-refractivity contribution is 0.317. The fourth-order valence-corrected chi connectivity index (χ4v) is 17.5. The molecule has 1 aliphatic heterocycles. The van der Waals surface area contributed by atoms with Crippen LogP contribution in [-0.2, 0) is 0 Å². The predicted octanol–water partition coefficient (Wildman–Crippen LogP) is 10.2. The van der Waals surface area contributed by atoms with Crippen molar-refractivity contribution < 1.29 is 0 Å². The number of allylic oxidation sites excluding steroid dienone is 15. The van der Waals surface area contributed by atoms with Crippen LogP contribution in [0, 0.1) is 5.92 Å². The van der Waals surface area contributed by atoms with Crippen molar-refractivity contribution in [3.8, 4) is 0 Å². The fraction of sp³-hybridized carbons (Fsp3) is 0.375. The maximum Gasteiger partial charge on any atom is 0.170 e. The number of hydrogen-bond acceptors (Lipinski definition) is 1. The van der Waals surface area contributed by atoms with E-state index in [0.29, 0.717) is 21.5 Å². The molecule has 0 spiro atoms. The molecule has 51 heavy (non-hydrogen) atoms. The van der Waals surface area contributed by atoms with Crippen molar-refractivity contribution in [1.82, 2.24) is 4.90 Å². The predicted molar refractivity (Wildman–Crippen MR) is 221 cm³/mol. The first-order valence-electron chi connectivity index (χ1n) is 20.3. The van der Waals surface area contributed by atoms with Gasteiger partial charge in [-0.05, 0) is 142 Å². The molecule has 0 amide bonds. The van der Waals surface area contributed by atoms with Crippen molar-refractivity contribution in [2.24, 2.45) is 5.92 Å². The Hall–Kier alpha value is -3.67. The Bertz CT molecular complexity index is 1920. The molecule has 0 bridgehead atoms. The first-order chi connectivity index (χ1) is 25.3. The molecule has 2 aromatic rings. The van der Waals surface area contributed by atoms with Crippen molar-refractivity contribution in [3.05, 3.63) is 153 Å². The second-order valence-electron chi connectivity index (χ2n) is 15.8. The highest BCUT2D eigenvalue weighted by atomic mass is 28.3. The van der Waals surface area contributed by atoms with Crippen LogP contribution in [0.15, 0.2) is 148 Å². The van der Waals surface area contributed by atoms with Gasteiger partial charge in [0.15, 0.2) is 8.07 Å². The molecule has 1 heterocycles. The first-order valence-corrected chi connectivity index (χ1v) is 23.3. The second kappa shape index (κ2) is 14.8. The highest BCUT2D eigenvalue weighted by Gasteiger charge is 2.46. The lowest BCUT2D eigenvalue weighted by Gasteiger charge is -2.42. The molecule has 0 saturated heterocycles. The van der Waals surface area contributed by atoms with E-state index < -0.39 is 8.07 Å². The Kier molecular flexibility index (Phi) is 9.60. The van der Waals surface area contributed by atoms with Crippen LogP contribution in [0.2, 0.25) is 0 Å². The van der Waals surface area contributed by atoms with Gasteiger partial charge in [0, 0.05) is 17.3 Å². The van der Waals surface area contributed by atoms with E-state index in [4.69, 9.17) is 0 Å². The second-order valence-corrected chi connectivity index (χ2v) is 21.1. The summed E-state index contributed by atoms with van der Waals surface area (Å²) < 4.78 is 0. The lowest BCUT2D eigenvalue weighted by Crippen LogP contribution is -2.56. The van der Waals surface area contributed by atoms with Gasteiger partial charge in [0.25, 0.3) is 0 Å². The standard InChI is InChI=1S/C48H53NSi2/c1-5-20-39(21-6-1)50-40-33-37(36-18-17-19-38(32-36)49-47-30-15-13-28-45(47)46-29-14-16-31-48(46)49)34-44(35-40)51(41-22-7-2-8-23-41,42-24-9-3-10-25-42)43-26-11-4-12-27-43/h1,5-7,15-16,18,20-24,26,30-35,45,47H,2-4,8-14,17,19,25,27-29H2. The molecular weight excluding hydrogens is 647 g/mol. The third-order valence-corrected chi connectivity index (χ3v) is 19.1. The Morgan fingerprint density at radius 2 is 1.47 bits per heavy atom. The Morgan fingerprint density at radius 1 is 0.647 bits per heavy atom. The third-order valence-electron chi connectivity index (χ3n) is 12.7. The summed E-state index contributed by atoms with van der Waals surface area (Å²) in [5.74, 6) is 0.684. The largest absolute Gasteiger partial charge is 0.338 e. The summed E-state index contributed by atoms with van der Waals surface area (Å²) >= 11 is 0. The molecule has 1 nitrogen and oxygen atoms in total. The van der Waals surface area contributed by atoms with Crippen LogP contribution in [-0.4, -0.2) is 28.5 Å². The van der Waals surface area contributed by atoms with Crippen LogP contribution < -0.4 is 15.6 Å². The minimum Gasteiger partial charge on any atom is -0.338 e. The molecule has 2 aromatic carbocycles. The van der Waals surface area contributed by atoms with Gasteiger partial charge in [0.05, 0.1) is 6.04 Å². The number of fused-ring (bicyclic) bond motifs is 2. The molecule has 2 unspecified atom stereocenters. The van der Waals surface area contributed by atoms with E-state index in [-0.39, 0.29) is 0 Å². The van der Waals surface area contributed by atoms with E-state index in [1.54, 1.807) is 26.3 Å². The van der Waals surface area contributed by atoms with Gasteiger partial charge in [0.1, 0.15) is 9.52 Å². The highest BCUT2D eigenvalue weighted by Crippen LogP contribution is 2.48. The molecule has 2 radical (unpaired) electrons.